The third-order valence-electron chi connectivity index (χ3n) is 5.86. The Kier molecular flexibility index (Phi) is 5.71. The summed E-state index contributed by atoms with van der Waals surface area (Å²) in [6.45, 7) is 1.70. The summed E-state index contributed by atoms with van der Waals surface area (Å²) in [7, 11) is 0. The van der Waals surface area contributed by atoms with Gasteiger partial charge >= 0.3 is 12.2 Å². The van der Waals surface area contributed by atoms with Crippen molar-refractivity contribution in [3.05, 3.63) is 35.1 Å². The van der Waals surface area contributed by atoms with Crippen molar-refractivity contribution in [3.63, 3.8) is 0 Å². The Bertz CT molecular complexity index is 826. The zero-order valence-corrected chi connectivity index (χ0v) is 16.2. The summed E-state index contributed by atoms with van der Waals surface area (Å²) in [5, 5.41) is 0. The molecule has 2 atom stereocenters. The summed E-state index contributed by atoms with van der Waals surface area (Å²) in [5.74, 6) is -0.886. The molecule has 2 amide bonds. The molecule has 3 saturated heterocycles. The highest BCUT2D eigenvalue weighted by molar-refractivity contribution is 5.81. The highest BCUT2D eigenvalue weighted by Gasteiger charge is 2.40. The first-order valence-corrected chi connectivity index (χ1v) is 9.85. The van der Waals surface area contributed by atoms with Crippen molar-refractivity contribution in [2.75, 3.05) is 32.8 Å². The van der Waals surface area contributed by atoms with Crippen LogP contribution in [0.15, 0.2) is 18.2 Å². The minimum atomic E-state index is -4.60. The maximum Gasteiger partial charge on any atom is 0.416 e. The first-order valence-electron chi connectivity index (χ1n) is 9.85. The topological polar surface area (TPSA) is 59.1 Å². The number of alkyl halides is 3. The van der Waals surface area contributed by atoms with Gasteiger partial charge in [-0.25, -0.2) is 9.18 Å². The van der Waals surface area contributed by atoms with Crippen molar-refractivity contribution in [3.8, 4) is 0 Å². The number of benzene rings is 1. The minimum absolute atomic E-state index is 0.0258. The van der Waals surface area contributed by atoms with E-state index >= 15 is 0 Å². The fourth-order valence-electron chi connectivity index (χ4n) is 4.10. The maximum absolute atomic E-state index is 13.9. The standard InChI is InChI=1S/C20H22F4N2O4/c21-17-6-14(20(22,23)24)2-1-12(17)10-29-16-8-26(9-16)19(28)25-4-3-18-13(7-25)5-15(27)11-30-18/h1-2,6,13,16,18H,3-5,7-11H2/t13-,18+/m1/s1. The van der Waals surface area contributed by atoms with Gasteiger partial charge in [0.15, 0.2) is 5.78 Å². The molecule has 6 nitrogen and oxygen atoms in total. The second-order valence-electron chi connectivity index (χ2n) is 8.01. The number of amides is 2. The summed E-state index contributed by atoms with van der Waals surface area (Å²) >= 11 is 0. The van der Waals surface area contributed by atoms with Gasteiger partial charge in [-0.3, -0.25) is 4.79 Å². The average Bonchev–Trinajstić information content (AvgIpc) is 2.66. The molecule has 10 heteroatoms. The lowest BCUT2D eigenvalue weighted by atomic mass is 9.88. The fraction of sp³-hybridized carbons (Fsp3) is 0.600. The first kappa shape index (κ1) is 21.0. The van der Waals surface area contributed by atoms with Crippen LogP contribution in [0.3, 0.4) is 0 Å². The largest absolute Gasteiger partial charge is 0.416 e. The Morgan fingerprint density at radius 2 is 1.97 bits per heavy atom. The molecule has 3 heterocycles. The Hall–Kier alpha value is -2.20. The van der Waals surface area contributed by atoms with Crippen LogP contribution in [0.1, 0.15) is 24.0 Å². The van der Waals surface area contributed by atoms with Gasteiger partial charge < -0.3 is 19.3 Å². The lowest BCUT2D eigenvalue weighted by Crippen LogP contribution is -2.61. The zero-order chi connectivity index (χ0) is 21.5. The van der Waals surface area contributed by atoms with E-state index in [9.17, 15) is 27.2 Å². The highest BCUT2D eigenvalue weighted by Crippen LogP contribution is 2.31. The van der Waals surface area contributed by atoms with Crippen LogP contribution >= 0.6 is 0 Å². The van der Waals surface area contributed by atoms with E-state index in [1.807, 2.05) is 0 Å². The SMILES string of the molecule is O=C1CO[C@H]2CCN(C(=O)N3CC(OCc4ccc(C(F)(F)F)cc4F)C3)C[C@H]2C1. The predicted octanol–water partition coefficient (Wildman–Crippen LogP) is 2.85. The number of halogens is 4. The van der Waals surface area contributed by atoms with Gasteiger partial charge in [-0.2, -0.15) is 13.2 Å². The van der Waals surface area contributed by atoms with Gasteiger partial charge in [0.05, 0.1) is 37.5 Å². The Morgan fingerprint density at radius 1 is 1.20 bits per heavy atom. The molecule has 1 aromatic carbocycles. The molecule has 3 aliphatic heterocycles. The van der Waals surface area contributed by atoms with Crippen molar-refractivity contribution in [2.45, 2.75) is 37.8 Å². The van der Waals surface area contributed by atoms with E-state index in [2.05, 4.69) is 0 Å². The van der Waals surface area contributed by atoms with Gasteiger partial charge in [0.25, 0.3) is 0 Å². The number of carbonyl (C=O) groups is 2. The Balaban J connectivity index is 1.23. The quantitative estimate of drug-likeness (QED) is 0.692. The molecule has 0 spiro atoms. The molecule has 30 heavy (non-hydrogen) atoms. The lowest BCUT2D eigenvalue weighted by molar-refractivity contribution is -0.140. The van der Waals surface area contributed by atoms with E-state index in [-0.39, 0.29) is 48.7 Å². The molecule has 0 saturated carbocycles. The summed E-state index contributed by atoms with van der Waals surface area (Å²) in [4.78, 5) is 27.6. The van der Waals surface area contributed by atoms with E-state index < -0.39 is 17.6 Å². The second kappa shape index (κ2) is 8.14. The number of Topliss-reactive ketones (excluding diaryl/α,β-unsaturated/α-hetero) is 1. The fourth-order valence-corrected chi connectivity index (χ4v) is 4.10. The number of fused-ring (bicyclic) bond motifs is 1. The number of ketones is 1. The number of piperidine rings is 1. The van der Waals surface area contributed by atoms with Crippen molar-refractivity contribution in [1.82, 2.24) is 9.80 Å². The monoisotopic (exact) mass is 430 g/mol. The molecule has 0 unspecified atom stereocenters. The van der Waals surface area contributed by atoms with Crippen molar-refractivity contribution < 1.29 is 36.6 Å². The smallest absolute Gasteiger partial charge is 0.370 e. The maximum atomic E-state index is 13.9. The van der Waals surface area contributed by atoms with E-state index in [0.717, 1.165) is 12.1 Å². The molecule has 0 bridgehead atoms. The molecule has 4 rings (SSSR count). The molecule has 3 fully saturated rings. The predicted molar refractivity (Wildman–Crippen MR) is 96.0 cm³/mol. The van der Waals surface area contributed by atoms with Gasteiger partial charge in [0.2, 0.25) is 0 Å². The van der Waals surface area contributed by atoms with Crippen LogP contribution < -0.4 is 0 Å². The number of hydrogen-bond acceptors (Lipinski definition) is 4. The summed E-state index contributed by atoms with van der Waals surface area (Å²) in [6, 6.07) is 2.21. The van der Waals surface area contributed by atoms with Crippen LogP contribution in [0.4, 0.5) is 22.4 Å². The third kappa shape index (κ3) is 4.44. The summed E-state index contributed by atoms with van der Waals surface area (Å²) in [5.41, 5.74) is -1.00. The van der Waals surface area contributed by atoms with E-state index in [1.54, 1.807) is 9.80 Å². The van der Waals surface area contributed by atoms with Gasteiger partial charge in [-0.1, -0.05) is 6.07 Å². The van der Waals surface area contributed by atoms with Crippen LogP contribution in [0, 0.1) is 11.7 Å². The first-order chi connectivity index (χ1) is 14.2. The van der Waals surface area contributed by atoms with Gasteiger partial charge in [-0.05, 0) is 18.6 Å². The van der Waals surface area contributed by atoms with Gasteiger partial charge in [0.1, 0.15) is 12.4 Å². The van der Waals surface area contributed by atoms with Crippen molar-refractivity contribution >= 4 is 11.8 Å². The van der Waals surface area contributed by atoms with E-state index in [4.69, 9.17) is 9.47 Å². The number of carbonyl (C=O) groups excluding carboxylic acids is 2. The minimum Gasteiger partial charge on any atom is -0.370 e. The third-order valence-corrected chi connectivity index (χ3v) is 5.86. The normalized spacial score (nSPS) is 25.1. The van der Waals surface area contributed by atoms with Crippen molar-refractivity contribution in [2.24, 2.45) is 5.92 Å². The summed E-state index contributed by atoms with van der Waals surface area (Å²) in [6.07, 6.45) is -3.74. The van der Waals surface area contributed by atoms with Crippen molar-refractivity contribution in [1.29, 1.82) is 0 Å². The number of ether oxygens (including phenoxy) is 2. The van der Waals surface area contributed by atoms with Crippen LogP contribution in [-0.4, -0.2) is 66.6 Å². The molecule has 0 radical (unpaired) electrons. The zero-order valence-electron chi connectivity index (χ0n) is 16.2. The summed E-state index contributed by atoms with van der Waals surface area (Å²) < 4.78 is 62.7. The number of likely N-dealkylation sites (tertiary alicyclic amines) is 2. The number of hydrogen-bond donors (Lipinski definition) is 0. The molecule has 0 N–H and O–H groups in total. The van der Waals surface area contributed by atoms with Crippen LogP contribution in [-0.2, 0) is 27.1 Å². The number of nitrogens with zero attached hydrogens (tertiary/aromatic N) is 2. The molecule has 0 aliphatic carbocycles. The van der Waals surface area contributed by atoms with E-state index in [1.165, 1.54) is 0 Å². The average molecular weight is 430 g/mol. The Labute approximate surface area is 170 Å². The van der Waals surface area contributed by atoms with Crippen LogP contribution in [0.5, 0.6) is 0 Å². The number of rotatable bonds is 3. The lowest BCUT2D eigenvalue weighted by Gasteiger charge is -2.45. The Morgan fingerprint density at radius 3 is 2.67 bits per heavy atom. The molecule has 164 valence electrons. The van der Waals surface area contributed by atoms with Gasteiger partial charge in [-0.15, -0.1) is 0 Å². The molecule has 3 aliphatic rings. The van der Waals surface area contributed by atoms with Crippen LogP contribution in [0.25, 0.3) is 0 Å². The highest BCUT2D eigenvalue weighted by atomic mass is 19.4. The molecular formula is C20H22F4N2O4. The molecule has 0 aromatic heterocycles. The van der Waals surface area contributed by atoms with Crippen LogP contribution in [0.2, 0.25) is 0 Å². The second-order valence-corrected chi connectivity index (χ2v) is 8.01. The molecule has 1 aromatic rings. The number of urea groups is 1. The van der Waals surface area contributed by atoms with Gasteiger partial charge in [0, 0.05) is 31.0 Å². The van der Waals surface area contributed by atoms with E-state index in [0.29, 0.717) is 45.1 Å². The molecular weight excluding hydrogens is 408 g/mol.